The Morgan fingerprint density at radius 3 is 1.67 bits per heavy atom. The molecule has 2 rings (SSSR count). The molecule has 0 aliphatic carbocycles. The second-order valence-corrected chi connectivity index (χ2v) is 4.08. The monoisotopic (exact) mass is 504 g/mol. The Morgan fingerprint density at radius 2 is 1.38 bits per heavy atom. The maximum absolute atomic E-state index is 10.2. The smallest absolute Gasteiger partial charge is 0.272 e. The number of para-hydroxylation sites is 2. The number of aliphatic hydroxyl groups is 2. The molecule has 4 N–H and O–H groups in total. The molecule has 0 amide bonds. The first-order valence-electron chi connectivity index (χ1n) is 6.15. The fourth-order valence-electron chi connectivity index (χ4n) is 1.26. The zero-order chi connectivity index (χ0) is 17.5. The summed E-state index contributed by atoms with van der Waals surface area (Å²) in [5, 5.41) is 24.2. The SMILES string of the molecule is CO.CO.Cc1ccccc1[N+](=O)[O-].Nc1ccccc1S.[Y].[Y]. The summed E-state index contributed by atoms with van der Waals surface area (Å²) in [7, 11) is 2.00. The number of nitro groups is 1. The predicted molar refractivity (Wildman–Crippen MR) is 92.2 cm³/mol. The van der Waals surface area contributed by atoms with E-state index >= 15 is 0 Å². The van der Waals surface area contributed by atoms with Gasteiger partial charge in [0.05, 0.1) is 4.92 Å². The van der Waals surface area contributed by atoms with Gasteiger partial charge >= 0.3 is 0 Å². The van der Waals surface area contributed by atoms with Crippen LogP contribution in [0.15, 0.2) is 53.4 Å². The molecule has 0 heterocycles. The van der Waals surface area contributed by atoms with Crippen molar-refractivity contribution < 1.29 is 80.6 Å². The van der Waals surface area contributed by atoms with Crippen LogP contribution < -0.4 is 5.73 Å². The molecule has 0 saturated carbocycles. The van der Waals surface area contributed by atoms with E-state index < -0.39 is 0 Å². The van der Waals surface area contributed by atoms with Crippen molar-refractivity contribution in [1.82, 2.24) is 0 Å². The Hall–Kier alpha value is 0.118. The van der Waals surface area contributed by atoms with Crippen LogP contribution in [0.2, 0.25) is 0 Å². The first-order chi connectivity index (χ1) is 10.5. The van der Waals surface area contributed by atoms with Gasteiger partial charge in [0.1, 0.15) is 0 Å². The van der Waals surface area contributed by atoms with Crippen LogP contribution >= 0.6 is 12.6 Å². The van der Waals surface area contributed by atoms with E-state index in [0.29, 0.717) is 5.56 Å². The minimum absolute atomic E-state index is 0. The van der Waals surface area contributed by atoms with Crippen LogP contribution in [0.4, 0.5) is 11.4 Å². The van der Waals surface area contributed by atoms with Gasteiger partial charge in [-0.1, -0.05) is 30.3 Å². The Labute approximate surface area is 198 Å². The van der Waals surface area contributed by atoms with Gasteiger partial charge in [0.2, 0.25) is 0 Å². The number of nitro benzene ring substituents is 1. The van der Waals surface area contributed by atoms with Crippen molar-refractivity contribution in [2.75, 3.05) is 20.0 Å². The number of nitrogen functional groups attached to an aromatic ring is 1. The van der Waals surface area contributed by atoms with E-state index in [1.165, 1.54) is 6.07 Å². The summed E-state index contributed by atoms with van der Waals surface area (Å²) in [6.45, 7) is 1.72. The Bertz CT molecular complexity index is 540. The molecule has 9 heteroatoms. The van der Waals surface area contributed by atoms with E-state index in [2.05, 4.69) is 12.6 Å². The third-order valence-electron chi connectivity index (χ3n) is 2.25. The minimum Gasteiger partial charge on any atom is -0.400 e. The summed E-state index contributed by atoms with van der Waals surface area (Å²) in [5.41, 5.74) is 7.06. The minimum atomic E-state index is -0.380. The fourth-order valence-corrected chi connectivity index (χ4v) is 1.42. The quantitative estimate of drug-likeness (QED) is 0.207. The summed E-state index contributed by atoms with van der Waals surface area (Å²) in [6.07, 6.45) is 0. The van der Waals surface area contributed by atoms with E-state index in [1.54, 1.807) is 25.1 Å². The van der Waals surface area contributed by atoms with E-state index in [-0.39, 0.29) is 76.0 Å². The van der Waals surface area contributed by atoms with E-state index in [1.807, 2.05) is 24.3 Å². The maximum atomic E-state index is 10.2. The molecule has 0 aromatic heterocycles. The van der Waals surface area contributed by atoms with Crippen LogP contribution in [-0.4, -0.2) is 29.4 Å². The molecule has 0 atom stereocenters. The Balaban J connectivity index is -0.000000131. The predicted octanol–water partition coefficient (Wildman–Crippen LogP) is 2.67. The molecule has 6 nitrogen and oxygen atoms in total. The molecule has 0 fully saturated rings. The van der Waals surface area contributed by atoms with Crippen molar-refractivity contribution in [3.63, 3.8) is 0 Å². The molecule has 0 aliphatic heterocycles. The first kappa shape index (κ1) is 31.8. The zero-order valence-corrected chi connectivity index (χ0v) is 20.5. The summed E-state index contributed by atoms with van der Waals surface area (Å²) in [6, 6.07) is 14.1. The third kappa shape index (κ3) is 14.5. The average Bonchev–Trinajstić information content (AvgIpc) is 2.55. The van der Waals surface area contributed by atoms with E-state index in [4.69, 9.17) is 15.9 Å². The molecule has 0 spiro atoms. The van der Waals surface area contributed by atoms with Gasteiger partial charge in [0, 0.05) is 102 Å². The van der Waals surface area contributed by atoms with Crippen LogP contribution in [-0.2, 0) is 65.4 Å². The number of hydrogen-bond donors (Lipinski definition) is 4. The number of nitrogens with two attached hydrogens (primary N) is 1. The van der Waals surface area contributed by atoms with Crippen LogP contribution in [0.5, 0.6) is 0 Å². The summed E-state index contributed by atoms with van der Waals surface area (Å²) >= 11 is 4.07. The third-order valence-corrected chi connectivity index (χ3v) is 2.66. The van der Waals surface area contributed by atoms with Crippen molar-refractivity contribution in [1.29, 1.82) is 0 Å². The molecule has 0 unspecified atom stereocenters. The van der Waals surface area contributed by atoms with Crippen LogP contribution in [0.1, 0.15) is 5.56 Å². The standard InChI is InChI=1S/C7H7NO2.C6H7NS.2CH4O.2Y/c1-6-4-2-3-5-7(6)8(9)10;7-5-3-1-2-4-6(5)8;2*1-2;;/h2-5H,1H3;1-4,8H,7H2;2*2H,1H3;;. The summed E-state index contributed by atoms with van der Waals surface area (Å²) in [5.74, 6) is 0. The van der Waals surface area contributed by atoms with Crippen molar-refractivity contribution in [2.45, 2.75) is 11.8 Å². The van der Waals surface area contributed by atoms with Crippen molar-refractivity contribution >= 4 is 24.0 Å². The second kappa shape index (κ2) is 21.2. The number of thiol groups is 1. The molecule has 2 radical (unpaired) electrons. The van der Waals surface area contributed by atoms with Crippen molar-refractivity contribution in [3.05, 3.63) is 64.2 Å². The number of hydrogen-bond acceptors (Lipinski definition) is 6. The van der Waals surface area contributed by atoms with Gasteiger partial charge in [0.15, 0.2) is 0 Å². The van der Waals surface area contributed by atoms with Crippen LogP contribution in [0, 0.1) is 17.0 Å². The largest absolute Gasteiger partial charge is 0.400 e. The van der Waals surface area contributed by atoms with Gasteiger partial charge in [-0.3, -0.25) is 10.1 Å². The Morgan fingerprint density at radius 1 is 0.958 bits per heavy atom. The number of benzene rings is 2. The van der Waals surface area contributed by atoms with E-state index in [9.17, 15) is 10.1 Å². The van der Waals surface area contributed by atoms with Gasteiger partial charge in [-0.05, 0) is 19.1 Å². The molecule has 0 bridgehead atoms. The summed E-state index contributed by atoms with van der Waals surface area (Å²) in [4.78, 5) is 10.7. The number of rotatable bonds is 1. The van der Waals surface area contributed by atoms with E-state index in [0.717, 1.165) is 24.8 Å². The van der Waals surface area contributed by atoms with Gasteiger partial charge in [-0.15, -0.1) is 12.6 Å². The van der Waals surface area contributed by atoms with Gasteiger partial charge in [-0.2, -0.15) is 0 Å². The number of aryl methyl sites for hydroxylation is 1. The molecule has 0 saturated heterocycles. The van der Waals surface area contributed by atoms with Gasteiger partial charge < -0.3 is 15.9 Å². The van der Waals surface area contributed by atoms with Crippen molar-refractivity contribution in [2.24, 2.45) is 0 Å². The number of anilines is 1. The fraction of sp³-hybridized carbons (Fsp3) is 0.200. The molecule has 0 aliphatic rings. The Kier molecular flexibility index (Phi) is 28.1. The second-order valence-electron chi connectivity index (χ2n) is 3.60. The van der Waals surface area contributed by atoms with Gasteiger partial charge in [-0.25, -0.2) is 0 Å². The van der Waals surface area contributed by atoms with Gasteiger partial charge in [0.25, 0.3) is 5.69 Å². The van der Waals surface area contributed by atoms with Crippen LogP contribution in [0.25, 0.3) is 0 Å². The molecule has 128 valence electrons. The normalized spacial score (nSPS) is 7.42. The number of nitrogens with zero attached hydrogens (tertiary/aromatic N) is 1. The maximum Gasteiger partial charge on any atom is 0.272 e. The molecule has 24 heavy (non-hydrogen) atoms. The topological polar surface area (TPSA) is 110 Å². The molecule has 2 aromatic rings. The molecule has 2 aromatic carbocycles. The first-order valence-corrected chi connectivity index (χ1v) is 6.60. The summed E-state index contributed by atoms with van der Waals surface area (Å²) < 4.78 is 0. The van der Waals surface area contributed by atoms with Crippen LogP contribution in [0.3, 0.4) is 0 Å². The average molecular weight is 504 g/mol. The number of aliphatic hydroxyl groups excluding tert-OH is 2. The molecular weight excluding hydrogens is 482 g/mol. The van der Waals surface area contributed by atoms with Crippen molar-refractivity contribution in [3.8, 4) is 0 Å². The zero-order valence-electron chi connectivity index (χ0n) is 14.0. The molecular formula is C15H22N2O4SY2.